The quantitative estimate of drug-likeness (QED) is 0.900. The van der Waals surface area contributed by atoms with Crippen LogP contribution in [-0.2, 0) is 6.54 Å². The van der Waals surface area contributed by atoms with Crippen molar-refractivity contribution in [1.29, 1.82) is 0 Å². The van der Waals surface area contributed by atoms with Gasteiger partial charge in [-0.15, -0.1) is 5.10 Å². The summed E-state index contributed by atoms with van der Waals surface area (Å²) in [4.78, 5) is 0. The molecular weight excluding hydrogens is 238 g/mol. The highest BCUT2D eigenvalue weighted by atomic mass is 15.5. The maximum atomic E-state index is 6.58. The van der Waals surface area contributed by atoms with E-state index in [1.807, 2.05) is 4.68 Å². The zero-order valence-corrected chi connectivity index (χ0v) is 11.6. The number of aryl methyl sites for hydroxylation is 1. The van der Waals surface area contributed by atoms with E-state index in [-0.39, 0.29) is 6.04 Å². The van der Waals surface area contributed by atoms with E-state index >= 15 is 0 Å². The molecule has 1 atom stereocenters. The number of hydrogen-bond acceptors (Lipinski definition) is 4. The van der Waals surface area contributed by atoms with Gasteiger partial charge in [-0.3, -0.25) is 0 Å². The SMILES string of the molecule is CCn1nnnc1C(N)C1C2CC3CC(C2)CC1C3. The van der Waals surface area contributed by atoms with Crippen molar-refractivity contribution in [1.82, 2.24) is 20.2 Å². The van der Waals surface area contributed by atoms with Gasteiger partial charge in [-0.25, -0.2) is 4.68 Å². The van der Waals surface area contributed by atoms with Crippen molar-refractivity contribution in [3.8, 4) is 0 Å². The Balaban J connectivity index is 1.62. The number of rotatable bonds is 3. The monoisotopic (exact) mass is 261 g/mol. The van der Waals surface area contributed by atoms with Crippen LogP contribution in [0.5, 0.6) is 0 Å². The summed E-state index contributed by atoms with van der Waals surface area (Å²) in [5.74, 6) is 5.16. The normalized spacial score (nSPS) is 41.7. The Morgan fingerprint density at radius 2 is 1.79 bits per heavy atom. The van der Waals surface area contributed by atoms with E-state index in [0.717, 1.165) is 36.0 Å². The largest absolute Gasteiger partial charge is 0.321 e. The van der Waals surface area contributed by atoms with Crippen LogP contribution >= 0.6 is 0 Å². The molecule has 2 N–H and O–H groups in total. The van der Waals surface area contributed by atoms with Crippen molar-refractivity contribution in [2.75, 3.05) is 0 Å². The first-order valence-electron chi connectivity index (χ1n) is 7.78. The van der Waals surface area contributed by atoms with Gasteiger partial charge in [-0.05, 0) is 79.0 Å². The minimum Gasteiger partial charge on any atom is -0.321 e. The molecular formula is C14H23N5. The van der Waals surface area contributed by atoms with Crippen LogP contribution in [-0.4, -0.2) is 20.2 Å². The highest BCUT2D eigenvalue weighted by Crippen LogP contribution is 2.58. The van der Waals surface area contributed by atoms with Crippen LogP contribution in [0.25, 0.3) is 0 Å². The van der Waals surface area contributed by atoms with Gasteiger partial charge in [-0.2, -0.15) is 0 Å². The summed E-state index contributed by atoms with van der Waals surface area (Å²) in [6, 6.07) is 0.0324. The lowest BCUT2D eigenvalue weighted by atomic mass is 9.50. The average molecular weight is 261 g/mol. The molecule has 1 unspecified atom stereocenters. The molecule has 0 saturated heterocycles. The molecule has 4 bridgehead atoms. The molecule has 4 aliphatic rings. The van der Waals surface area contributed by atoms with Gasteiger partial charge in [-0.1, -0.05) is 0 Å². The van der Waals surface area contributed by atoms with Gasteiger partial charge in [0.2, 0.25) is 0 Å². The number of tetrazole rings is 1. The van der Waals surface area contributed by atoms with Gasteiger partial charge in [0.1, 0.15) is 0 Å². The molecule has 1 heterocycles. The summed E-state index contributed by atoms with van der Waals surface area (Å²) < 4.78 is 1.87. The van der Waals surface area contributed by atoms with Gasteiger partial charge in [0.25, 0.3) is 0 Å². The Morgan fingerprint density at radius 1 is 1.16 bits per heavy atom. The average Bonchev–Trinajstić information content (AvgIpc) is 2.85. The molecule has 4 aliphatic carbocycles. The predicted octanol–water partition coefficient (Wildman–Crippen LogP) is 1.77. The van der Waals surface area contributed by atoms with Crippen LogP contribution in [0.2, 0.25) is 0 Å². The Bertz CT molecular complexity index is 440. The maximum absolute atomic E-state index is 6.58. The van der Waals surface area contributed by atoms with Crippen molar-refractivity contribution in [2.24, 2.45) is 35.3 Å². The van der Waals surface area contributed by atoms with E-state index in [1.165, 1.54) is 32.1 Å². The van der Waals surface area contributed by atoms with E-state index in [1.54, 1.807) is 0 Å². The van der Waals surface area contributed by atoms with Crippen molar-refractivity contribution in [3.05, 3.63) is 5.82 Å². The topological polar surface area (TPSA) is 69.6 Å². The van der Waals surface area contributed by atoms with Gasteiger partial charge in [0, 0.05) is 6.54 Å². The number of aromatic nitrogens is 4. The molecule has 5 nitrogen and oxygen atoms in total. The van der Waals surface area contributed by atoms with E-state index < -0.39 is 0 Å². The first kappa shape index (κ1) is 11.8. The molecule has 1 aromatic rings. The summed E-state index contributed by atoms with van der Waals surface area (Å²) in [5, 5.41) is 12.0. The lowest BCUT2D eigenvalue weighted by Gasteiger charge is -2.55. The Morgan fingerprint density at radius 3 is 2.37 bits per heavy atom. The molecule has 5 rings (SSSR count). The number of nitrogens with two attached hydrogens (primary N) is 1. The molecule has 104 valence electrons. The summed E-state index contributed by atoms with van der Waals surface area (Å²) in [5.41, 5.74) is 6.58. The van der Waals surface area contributed by atoms with Crippen molar-refractivity contribution >= 4 is 0 Å². The minimum absolute atomic E-state index is 0.0324. The van der Waals surface area contributed by atoms with Gasteiger partial charge in [0.15, 0.2) is 5.82 Å². The molecule has 0 aliphatic heterocycles. The molecule has 1 aromatic heterocycles. The summed E-state index contributed by atoms with van der Waals surface area (Å²) in [6.45, 7) is 2.88. The van der Waals surface area contributed by atoms with E-state index in [4.69, 9.17) is 5.73 Å². The standard InChI is InChI=1S/C14H23N5/c1-2-19-14(16-17-18-19)13(15)12-10-4-8-3-9(6-10)7-11(12)5-8/h8-13H,2-7,15H2,1H3. The second-order valence-electron chi connectivity index (χ2n) is 6.89. The molecule has 0 spiro atoms. The zero-order chi connectivity index (χ0) is 13.0. The molecule has 0 aromatic carbocycles. The lowest BCUT2D eigenvalue weighted by Crippen LogP contribution is -2.49. The van der Waals surface area contributed by atoms with Crippen molar-refractivity contribution < 1.29 is 0 Å². The van der Waals surface area contributed by atoms with Crippen molar-refractivity contribution in [3.63, 3.8) is 0 Å². The van der Waals surface area contributed by atoms with Crippen LogP contribution in [0, 0.1) is 29.6 Å². The highest BCUT2D eigenvalue weighted by Gasteiger charge is 2.50. The Labute approximate surface area is 113 Å². The second-order valence-corrected chi connectivity index (χ2v) is 6.89. The second kappa shape index (κ2) is 4.27. The van der Waals surface area contributed by atoms with Crippen LogP contribution in [0.1, 0.15) is 50.9 Å². The minimum atomic E-state index is 0.0324. The lowest BCUT2D eigenvalue weighted by molar-refractivity contribution is -0.0487. The van der Waals surface area contributed by atoms with Crippen LogP contribution < -0.4 is 5.73 Å². The molecule has 0 radical (unpaired) electrons. The molecule has 19 heavy (non-hydrogen) atoms. The fourth-order valence-electron chi connectivity index (χ4n) is 5.40. The Hall–Kier alpha value is -0.970. The van der Waals surface area contributed by atoms with E-state index in [0.29, 0.717) is 5.92 Å². The maximum Gasteiger partial charge on any atom is 0.168 e. The summed E-state index contributed by atoms with van der Waals surface area (Å²) >= 11 is 0. The van der Waals surface area contributed by atoms with E-state index in [9.17, 15) is 0 Å². The third-order valence-electron chi connectivity index (χ3n) is 5.87. The van der Waals surface area contributed by atoms with Crippen LogP contribution in [0.15, 0.2) is 0 Å². The Kier molecular flexibility index (Phi) is 2.65. The van der Waals surface area contributed by atoms with Crippen LogP contribution in [0.4, 0.5) is 0 Å². The smallest absolute Gasteiger partial charge is 0.168 e. The van der Waals surface area contributed by atoms with Gasteiger partial charge < -0.3 is 5.73 Å². The fraction of sp³-hybridized carbons (Fsp3) is 0.929. The molecule has 4 saturated carbocycles. The van der Waals surface area contributed by atoms with Crippen molar-refractivity contribution in [2.45, 2.75) is 51.6 Å². The first-order chi connectivity index (χ1) is 9.26. The number of nitrogens with zero attached hydrogens (tertiary/aromatic N) is 4. The third kappa shape index (κ3) is 1.74. The van der Waals surface area contributed by atoms with E-state index in [2.05, 4.69) is 22.4 Å². The van der Waals surface area contributed by atoms with Gasteiger partial charge >= 0.3 is 0 Å². The highest BCUT2D eigenvalue weighted by molar-refractivity contribution is 5.05. The van der Waals surface area contributed by atoms with Crippen LogP contribution in [0.3, 0.4) is 0 Å². The van der Waals surface area contributed by atoms with Gasteiger partial charge in [0.05, 0.1) is 6.04 Å². The third-order valence-corrected chi connectivity index (χ3v) is 5.87. The predicted molar refractivity (Wildman–Crippen MR) is 71.0 cm³/mol. The zero-order valence-electron chi connectivity index (χ0n) is 11.6. The molecule has 4 fully saturated rings. The fourth-order valence-corrected chi connectivity index (χ4v) is 5.40. The molecule has 0 amide bonds. The first-order valence-corrected chi connectivity index (χ1v) is 7.78. The molecule has 5 heteroatoms. The summed E-state index contributed by atoms with van der Waals surface area (Å²) in [7, 11) is 0. The number of hydrogen-bond donors (Lipinski definition) is 1. The summed E-state index contributed by atoms with van der Waals surface area (Å²) in [6.07, 6.45) is 7.10.